The molecule has 0 heterocycles. The molecule has 0 N–H and O–H groups in total. The summed E-state index contributed by atoms with van der Waals surface area (Å²) in [6.07, 6.45) is 0.852. The number of benzene rings is 1. The molecule has 1 aromatic rings. The van der Waals surface area contributed by atoms with Crippen molar-refractivity contribution >= 4 is 29.6 Å². The van der Waals surface area contributed by atoms with Gasteiger partial charge in [0.05, 0.1) is 17.8 Å². The molecule has 0 aromatic heterocycles. The van der Waals surface area contributed by atoms with Crippen LogP contribution in [0.1, 0.15) is 0 Å². The van der Waals surface area contributed by atoms with Crippen LogP contribution in [0.3, 0.4) is 0 Å². The molecule has 13 heavy (non-hydrogen) atoms. The van der Waals surface area contributed by atoms with Crippen LogP contribution in [-0.4, -0.2) is 19.1 Å². The van der Waals surface area contributed by atoms with Gasteiger partial charge in [0, 0.05) is 5.02 Å². The van der Waals surface area contributed by atoms with Crippen LogP contribution in [0, 0.1) is 0 Å². The number of carbonyl (C=O) groups is 1. The van der Waals surface area contributed by atoms with Crippen LogP contribution < -0.4 is 4.74 Å². The van der Waals surface area contributed by atoms with Crippen LogP contribution in [-0.2, 0) is 4.79 Å². The zero-order valence-electron chi connectivity index (χ0n) is 7.12. The first kappa shape index (κ1) is 10.4. The molecule has 1 rings (SSSR count). The second kappa shape index (κ2) is 5.14. The van der Waals surface area contributed by atoms with Crippen molar-refractivity contribution in [2.75, 3.05) is 12.9 Å². The van der Waals surface area contributed by atoms with E-state index in [1.54, 1.807) is 25.3 Å². The lowest BCUT2D eigenvalue weighted by molar-refractivity contribution is -0.105. The fourth-order valence-electron chi connectivity index (χ4n) is 0.887. The first-order chi connectivity index (χ1) is 6.27. The van der Waals surface area contributed by atoms with E-state index in [1.165, 1.54) is 11.8 Å². The van der Waals surface area contributed by atoms with E-state index >= 15 is 0 Å². The summed E-state index contributed by atoms with van der Waals surface area (Å²) >= 11 is 7.20. The van der Waals surface area contributed by atoms with Gasteiger partial charge in [-0.05, 0) is 18.2 Å². The lowest BCUT2D eigenvalue weighted by atomic mass is 10.3. The number of halogens is 1. The van der Waals surface area contributed by atoms with E-state index in [2.05, 4.69) is 0 Å². The molecule has 70 valence electrons. The predicted octanol–water partition coefficient (Wildman–Crippen LogP) is 2.64. The van der Waals surface area contributed by atoms with E-state index in [1.807, 2.05) is 0 Å². The van der Waals surface area contributed by atoms with Crippen molar-refractivity contribution in [2.45, 2.75) is 4.90 Å². The van der Waals surface area contributed by atoms with E-state index < -0.39 is 0 Å². The van der Waals surface area contributed by atoms with Crippen LogP contribution in [0.25, 0.3) is 0 Å². The van der Waals surface area contributed by atoms with Gasteiger partial charge in [0.1, 0.15) is 12.0 Å². The van der Waals surface area contributed by atoms with E-state index in [0.717, 1.165) is 16.9 Å². The maximum Gasteiger partial charge on any atom is 0.132 e. The van der Waals surface area contributed by atoms with Gasteiger partial charge in [0.2, 0.25) is 0 Å². The first-order valence-electron chi connectivity index (χ1n) is 3.68. The smallest absolute Gasteiger partial charge is 0.132 e. The molecule has 0 saturated heterocycles. The van der Waals surface area contributed by atoms with Crippen LogP contribution in [0.2, 0.25) is 5.02 Å². The van der Waals surface area contributed by atoms with Crippen molar-refractivity contribution in [3.05, 3.63) is 23.2 Å². The number of methoxy groups -OCH3 is 1. The summed E-state index contributed by atoms with van der Waals surface area (Å²) in [7, 11) is 1.59. The van der Waals surface area contributed by atoms with Gasteiger partial charge in [-0.3, -0.25) is 0 Å². The third-order valence-corrected chi connectivity index (χ3v) is 2.60. The SMILES string of the molecule is COc1ccc(Cl)cc1SCC=O. The zero-order chi connectivity index (χ0) is 9.68. The topological polar surface area (TPSA) is 26.3 Å². The number of carbonyl (C=O) groups excluding carboxylic acids is 1. The quantitative estimate of drug-likeness (QED) is 0.572. The number of hydrogen-bond acceptors (Lipinski definition) is 3. The lowest BCUT2D eigenvalue weighted by Crippen LogP contribution is -1.87. The molecule has 0 unspecified atom stereocenters. The van der Waals surface area contributed by atoms with Crippen LogP contribution in [0.5, 0.6) is 5.75 Å². The number of thioether (sulfide) groups is 1. The van der Waals surface area contributed by atoms with Crippen LogP contribution in [0.15, 0.2) is 23.1 Å². The Morgan fingerprint density at radius 2 is 2.38 bits per heavy atom. The fraction of sp³-hybridized carbons (Fsp3) is 0.222. The predicted molar refractivity (Wildman–Crippen MR) is 54.8 cm³/mol. The highest BCUT2D eigenvalue weighted by molar-refractivity contribution is 8.00. The average molecular weight is 217 g/mol. The summed E-state index contributed by atoms with van der Waals surface area (Å²) in [5, 5.41) is 0.647. The second-order valence-electron chi connectivity index (χ2n) is 2.27. The Bertz CT molecular complexity index is 302. The van der Waals surface area contributed by atoms with Gasteiger partial charge >= 0.3 is 0 Å². The van der Waals surface area contributed by atoms with Crippen molar-refractivity contribution in [3.63, 3.8) is 0 Å². The monoisotopic (exact) mass is 216 g/mol. The van der Waals surface area contributed by atoms with Gasteiger partial charge in [-0.2, -0.15) is 0 Å². The Hall–Kier alpha value is -0.670. The third-order valence-electron chi connectivity index (χ3n) is 1.43. The molecular weight excluding hydrogens is 208 g/mol. The molecule has 0 aliphatic carbocycles. The van der Waals surface area contributed by atoms with Crippen molar-refractivity contribution in [1.82, 2.24) is 0 Å². The largest absolute Gasteiger partial charge is 0.496 e. The summed E-state index contributed by atoms with van der Waals surface area (Å²) < 4.78 is 5.10. The van der Waals surface area contributed by atoms with E-state index in [0.29, 0.717) is 10.8 Å². The highest BCUT2D eigenvalue weighted by atomic mass is 35.5. The number of hydrogen-bond donors (Lipinski definition) is 0. The Morgan fingerprint density at radius 1 is 1.62 bits per heavy atom. The van der Waals surface area contributed by atoms with Gasteiger partial charge in [-0.1, -0.05) is 11.6 Å². The summed E-state index contributed by atoms with van der Waals surface area (Å²) in [5.41, 5.74) is 0. The number of rotatable bonds is 4. The van der Waals surface area contributed by atoms with Gasteiger partial charge in [0.25, 0.3) is 0 Å². The minimum atomic E-state index is 0.413. The molecule has 0 radical (unpaired) electrons. The molecule has 0 aliphatic rings. The molecule has 0 fully saturated rings. The Morgan fingerprint density at radius 3 is 3.00 bits per heavy atom. The maximum atomic E-state index is 10.2. The highest BCUT2D eigenvalue weighted by Gasteiger charge is 2.03. The Kier molecular flexibility index (Phi) is 4.12. The Balaban J connectivity index is 2.87. The van der Waals surface area contributed by atoms with Crippen LogP contribution >= 0.6 is 23.4 Å². The summed E-state index contributed by atoms with van der Waals surface area (Å²) in [6, 6.07) is 5.33. The zero-order valence-corrected chi connectivity index (χ0v) is 8.69. The van der Waals surface area contributed by atoms with E-state index in [9.17, 15) is 4.79 Å². The molecule has 0 saturated carbocycles. The van der Waals surface area contributed by atoms with Crippen molar-refractivity contribution < 1.29 is 9.53 Å². The molecule has 2 nitrogen and oxygen atoms in total. The molecule has 0 bridgehead atoms. The van der Waals surface area contributed by atoms with Gasteiger partial charge in [-0.25, -0.2) is 0 Å². The standard InChI is InChI=1S/C9H9ClO2S/c1-12-8-3-2-7(10)6-9(8)13-5-4-11/h2-4,6H,5H2,1H3. The van der Waals surface area contributed by atoms with Gasteiger partial charge in [-0.15, -0.1) is 11.8 Å². The molecule has 0 spiro atoms. The molecule has 4 heteroatoms. The highest BCUT2D eigenvalue weighted by Crippen LogP contribution is 2.31. The van der Waals surface area contributed by atoms with Crippen molar-refractivity contribution in [1.29, 1.82) is 0 Å². The first-order valence-corrected chi connectivity index (χ1v) is 5.04. The van der Waals surface area contributed by atoms with E-state index in [4.69, 9.17) is 16.3 Å². The second-order valence-corrected chi connectivity index (χ2v) is 3.77. The van der Waals surface area contributed by atoms with Crippen LogP contribution in [0.4, 0.5) is 0 Å². The minimum Gasteiger partial charge on any atom is -0.496 e. The Labute approximate surface area is 86.2 Å². The third kappa shape index (κ3) is 2.94. The summed E-state index contributed by atoms with van der Waals surface area (Å²) in [5.74, 6) is 1.16. The van der Waals surface area contributed by atoms with E-state index in [-0.39, 0.29) is 0 Å². The molecule has 0 aliphatic heterocycles. The summed E-state index contributed by atoms with van der Waals surface area (Å²) in [4.78, 5) is 11.1. The van der Waals surface area contributed by atoms with Gasteiger partial charge < -0.3 is 9.53 Å². The average Bonchev–Trinajstić information content (AvgIpc) is 2.15. The number of ether oxygens (including phenoxy) is 1. The molecule has 1 aromatic carbocycles. The normalized spacial score (nSPS) is 9.69. The summed E-state index contributed by atoms with van der Waals surface area (Å²) in [6.45, 7) is 0. The number of aldehydes is 1. The fourth-order valence-corrected chi connectivity index (χ4v) is 1.88. The van der Waals surface area contributed by atoms with Crippen molar-refractivity contribution in [3.8, 4) is 5.75 Å². The molecule has 0 atom stereocenters. The maximum absolute atomic E-state index is 10.2. The van der Waals surface area contributed by atoms with Gasteiger partial charge in [0.15, 0.2) is 0 Å². The lowest BCUT2D eigenvalue weighted by Gasteiger charge is -2.06. The van der Waals surface area contributed by atoms with Crippen molar-refractivity contribution in [2.24, 2.45) is 0 Å². The molecular formula is C9H9ClO2S. The minimum absolute atomic E-state index is 0.413. The molecule has 0 amide bonds.